The van der Waals surface area contributed by atoms with E-state index in [2.05, 4.69) is 0 Å². The van der Waals surface area contributed by atoms with Gasteiger partial charge in [-0.3, -0.25) is 4.79 Å². The maximum absolute atomic E-state index is 11.1. The second kappa shape index (κ2) is 3.46. The molecule has 80 valence electrons. The molecule has 4 heteroatoms. The number of hydrogen-bond donors (Lipinski definition) is 2. The van der Waals surface area contributed by atoms with E-state index in [9.17, 15) is 4.79 Å². The second-order valence-electron chi connectivity index (χ2n) is 3.91. The molecule has 1 atom stereocenters. The molecule has 0 bridgehead atoms. The number of aryl methyl sites for hydroxylation is 1. The van der Waals surface area contributed by atoms with Crippen molar-refractivity contribution in [2.75, 3.05) is 17.2 Å². The first-order valence-electron chi connectivity index (χ1n) is 5.02. The molecule has 0 spiro atoms. The maximum atomic E-state index is 11.1. The molecule has 1 heterocycles. The van der Waals surface area contributed by atoms with Crippen molar-refractivity contribution in [1.82, 2.24) is 0 Å². The normalized spacial score (nSPS) is 19.8. The average molecular weight is 205 g/mol. The predicted molar refractivity (Wildman–Crippen MR) is 60.5 cm³/mol. The number of benzene rings is 1. The SMILES string of the molecule is Cc1cccc(N2CCC2C(N)=O)c1N. The van der Waals surface area contributed by atoms with Gasteiger partial charge in [-0.25, -0.2) is 0 Å². The lowest BCUT2D eigenvalue weighted by Crippen LogP contribution is -2.55. The molecule has 1 fully saturated rings. The molecule has 1 saturated heterocycles. The summed E-state index contributed by atoms with van der Waals surface area (Å²) in [5.74, 6) is -0.276. The Kier molecular flexibility index (Phi) is 2.26. The number of anilines is 2. The van der Waals surface area contributed by atoms with Crippen molar-refractivity contribution in [2.24, 2.45) is 5.73 Å². The van der Waals surface area contributed by atoms with Crippen LogP contribution in [0.1, 0.15) is 12.0 Å². The molecule has 1 aromatic carbocycles. The summed E-state index contributed by atoms with van der Waals surface area (Å²) in [4.78, 5) is 13.1. The first kappa shape index (κ1) is 9.83. The molecule has 1 aliphatic rings. The highest BCUT2D eigenvalue weighted by molar-refractivity contribution is 5.87. The fourth-order valence-corrected chi connectivity index (χ4v) is 1.89. The van der Waals surface area contributed by atoms with E-state index in [4.69, 9.17) is 11.5 Å². The number of carbonyl (C=O) groups excluding carboxylic acids is 1. The van der Waals surface area contributed by atoms with E-state index in [1.807, 2.05) is 30.0 Å². The number of nitrogen functional groups attached to an aromatic ring is 1. The minimum Gasteiger partial charge on any atom is -0.397 e. The Bertz CT molecular complexity index is 403. The molecule has 15 heavy (non-hydrogen) atoms. The first-order chi connectivity index (χ1) is 7.11. The smallest absolute Gasteiger partial charge is 0.240 e. The van der Waals surface area contributed by atoms with Gasteiger partial charge in [-0.2, -0.15) is 0 Å². The molecule has 0 saturated carbocycles. The minimum atomic E-state index is -0.276. The summed E-state index contributed by atoms with van der Waals surface area (Å²) < 4.78 is 0. The van der Waals surface area contributed by atoms with E-state index in [1.165, 1.54) is 0 Å². The van der Waals surface area contributed by atoms with Gasteiger partial charge in [0.15, 0.2) is 0 Å². The minimum absolute atomic E-state index is 0.186. The van der Waals surface area contributed by atoms with Crippen LogP contribution in [0.3, 0.4) is 0 Å². The number of para-hydroxylation sites is 1. The quantitative estimate of drug-likeness (QED) is 0.696. The lowest BCUT2D eigenvalue weighted by atomic mass is 10.00. The van der Waals surface area contributed by atoms with Crippen LogP contribution in [-0.2, 0) is 4.79 Å². The van der Waals surface area contributed by atoms with Gasteiger partial charge in [-0.15, -0.1) is 0 Å². The van der Waals surface area contributed by atoms with Crippen LogP contribution in [0, 0.1) is 6.92 Å². The summed E-state index contributed by atoms with van der Waals surface area (Å²) in [6, 6.07) is 5.64. The zero-order chi connectivity index (χ0) is 11.0. The Hall–Kier alpha value is -1.71. The summed E-state index contributed by atoms with van der Waals surface area (Å²) in [7, 11) is 0. The van der Waals surface area contributed by atoms with Crippen LogP contribution in [0.2, 0.25) is 0 Å². The number of amides is 1. The van der Waals surface area contributed by atoms with E-state index in [1.54, 1.807) is 0 Å². The Morgan fingerprint density at radius 1 is 1.53 bits per heavy atom. The van der Waals surface area contributed by atoms with E-state index in [0.29, 0.717) is 0 Å². The standard InChI is InChI=1S/C11H15N3O/c1-7-3-2-4-8(10(7)12)14-6-5-9(14)11(13)15/h2-4,9H,5-6,12H2,1H3,(H2,13,15). The Balaban J connectivity index is 2.31. The van der Waals surface area contributed by atoms with Crippen molar-refractivity contribution in [3.05, 3.63) is 23.8 Å². The third-order valence-electron chi connectivity index (χ3n) is 2.96. The summed E-state index contributed by atoms with van der Waals surface area (Å²) in [5.41, 5.74) is 13.9. The Morgan fingerprint density at radius 2 is 2.27 bits per heavy atom. The molecule has 0 radical (unpaired) electrons. The van der Waals surface area contributed by atoms with Gasteiger partial charge in [-0.1, -0.05) is 12.1 Å². The largest absolute Gasteiger partial charge is 0.397 e. The number of hydrogen-bond acceptors (Lipinski definition) is 3. The third-order valence-corrected chi connectivity index (χ3v) is 2.96. The highest BCUT2D eigenvalue weighted by Gasteiger charge is 2.33. The van der Waals surface area contributed by atoms with Gasteiger partial charge in [0.1, 0.15) is 6.04 Å². The van der Waals surface area contributed by atoms with Gasteiger partial charge < -0.3 is 16.4 Å². The molecular formula is C11H15N3O. The first-order valence-corrected chi connectivity index (χ1v) is 5.02. The van der Waals surface area contributed by atoms with Crippen molar-refractivity contribution in [2.45, 2.75) is 19.4 Å². The van der Waals surface area contributed by atoms with E-state index >= 15 is 0 Å². The van der Waals surface area contributed by atoms with E-state index in [0.717, 1.165) is 29.9 Å². The van der Waals surface area contributed by atoms with Crippen molar-refractivity contribution < 1.29 is 4.79 Å². The van der Waals surface area contributed by atoms with Crippen molar-refractivity contribution >= 4 is 17.3 Å². The fourth-order valence-electron chi connectivity index (χ4n) is 1.89. The van der Waals surface area contributed by atoms with Gasteiger partial charge in [0, 0.05) is 6.54 Å². The summed E-state index contributed by atoms with van der Waals surface area (Å²) in [6.07, 6.45) is 0.822. The summed E-state index contributed by atoms with van der Waals surface area (Å²) >= 11 is 0. The molecule has 1 aromatic rings. The molecule has 0 aliphatic carbocycles. The predicted octanol–water partition coefficient (Wildman–Crippen LogP) is 0.641. The van der Waals surface area contributed by atoms with Crippen LogP contribution < -0.4 is 16.4 Å². The number of rotatable bonds is 2. The average Bonchev–Trinajstić information content (AvgIpc) is 2.10. The van der Waals surface area contributed by atoms with Gasteiger partial charge in [0.2, 0.25) is 5.91 Å². The van der Waals surface area contributed by atoms with Crippen LogP contribution in [0.25, 0.3) is 0 Å². The van der Waals surface area contributed by atoms with E-state index < -0.39 is 0 Å². The van der Waals surface area contributed by atoms with Gasteiger partial charge >= 0.3 is 0 Å². The molecular weight excluding hydrogens is 190 g/mol. The lowest BCUT2D eigenvalue weighted by molar-refractivity contribution is -0.120. The van der Waals surface area contributed by atoms with Crippen LogP contribution in [0.5, 0.6) is 0 Å². The van der Waals surface area contributed by atoms with Crippen molar-refractivity contribution in [3.63, 3.8) is 0 Å². The molecule has 4 N–H and O–H groups in total. The molecule has 4 nitrogen and oxygen atoms in total. The zero-order valence-corrected chi connectivity index (χ0v) is 8.73. The molecule has 1 amide bonds. The molecule has 0 aromatic heterocycles. The van der Waals surface area contributed by atoms with Crippen LogP contribution in [0.4, 0.5) is 11.4 Å². The number of nitrogens with two attached hydrogens (primary N) is 2. The molecule has 2 rings (SSSR count). The lowest BCUT2D eigenvalue weighted by Gasteiger charge is -2.41. The second-order valence-corrected chi connectivity index (χ2v) is 3.91. The number of carbonyl (C=O) groups is 1. The third kappa shape index (κ3) is 1.52. The maximum Gasteiger partial charge on any atom is 0.240 e. The van der Waals surface area contributed by atoms with Crippen LogP contribution >= 0.6 is 0 Å². The topological polar surface area (TPSA) is 72.3 Å². The number of nitrogens with zero attached hydrogens (tertiary/aromatic N) is 1. The van der Waals surface area contributed by atoms with Crippen molar-refractivity contribution in [1.29, 1.82) is 0 Å². The van der Waals surface area contributed by atoms with E-state index in [-0.39, 0.29) is 11.9 Å². The summed E-state index contributed by atoms with van der Waals surface area (Å²) in [5, 5.41) is 0. The van der Waals surface area contributed by atoms with Gasteiger partial charge in [0.05, 0.1) is 11.4 Å². The molecule has 1 aliphatic heterocycles. The monoisotopic (exact) mass is 205 g/mol. The van der Waals surface area contributed by atoms with Gasteiger partial charge in [-0.05, 0) is 25.0 Å². The highest BCUT2D eigenvalue weighted by Crippen LogP contribution is 2.32. The zero-order valence-electron chi connectivity index (χ0n) is 8.73. The molecule has 1 unspecified atom stereocenters. The van der Waals surface area contributed by atoms with Crippen molar-refractivity contribution in [3.8, 4) is 0 Å². The Morgan fingerprint density at radius 3 is 2.80 bits per heavy atom. The fraction of sp³-hybridized carbons (Fsp3) is 0.364. The summed E-state index contributed by atoms with van der Waals surface area (Å²) in [6.45, 7) is 2.80. The number of primary amides is 1. The van der Waals surface area contributed by atoms with Crippen LogP contribution in [-0.4, -0.2) is 18.5 Å². The Labute approximate surface area is 88.9 Å². The van der Waals surface area contributed by atoms with Gasteiger partial charge in [0.25, 0.3) is 0 Å². The highest BCUT2D eigenvalue weighted by atomic mass is 16.1. The van der Waals surface area contributed by atoms with Crippen LogP contribution in [0.15, 0.2) is 18.2 Å².